The first-order chi connectivity index (χ1) is 8.51. The van der Waals surface area contributed by atoms with E-state index in [-0.39, 0.29) is 23.5 Å². The van der Waals surface area contributed by atoms with Gasteiger partial charge in [0, 0.05) is 11.3 Å². The van der Waals surface area contributed by atoms with E-state index in [1.54, 1.807) is 23.9 Å². The van der Waals surface area contributed by atoms with Crippen molar-refractivity contribution in [1.82, 2.24) is 0 Å². The molecule has 3 N–H and O–H groups in total. The number of aliphatic hydroxyl groups is 1. The number of benzene rings is 1. The van der Waals surface area contributed by atoms with Crippen molar-refractivity contribution >= 4 is 23.4 Å². The maximum absolute atomic E-state index is 11.2. The van der Waals surface area contributed by atoms with Crippen LogP contribution < -0.4 is 5.32 Å². The number of rotatable bonds is 6. The molecule has 1 aromatic rings. The summed E-state index contributed by atoms with van der Waals surface area (Å²) in [7, 11) is 0. The Bertz CT molecular complexity index is 419. The van der Waals surface area contributed by atoms with Crippen molar-refractivity contribution in [2.45, 2.75) is 25.1 Å². The molecule has 2 atom stereocenters. The highest BCUT2D eigenvalue weighted by molar-refractivity contribution is 7.99. The van der Waals surface area contributed by atoms with Crippen molar-refractivity contribution in [3.05, 3.63) is 29.3 Å². The van der Waals surface area contributed by atoms with Crippen molar-refractivity contribution in [1.29, 1.82) is 0 Å². The predicted molar refractivity (Wildman–Crippen MR) is 75.6 cm³/mol. The number of hydrogen-bond acceptors (Lipinski definition) is 4. The Morgan fingerprint density at radius 3 is 2.67 bits per heavy atom. The molecule has 4 nitrogen and oxygen atoms in total. The highest BCUT2D eigenvalue weighted by Gasteiger charge is 2.19. The average Bonchev–Trinajstić information content (AvgIpc) is 2.33. The normalized spacial score (nSPS) is 14.0. The Morgan fingerprint density at radius 2 is 2.17 bits per heavy atom. The van der Waals surface area contributed by atoms with Gasteiger partial charge in [0.1, 0.15) is 0 Å². The summed E-state index contributed by atoms with van der Waals surface area (Å²) < 4.78 is 0. The minimum Gasteiger partial charge on any atom is -0.478 e. The molecule has 0 aromatic heterocycles. The van der Waals surface area contributed by atoms with Crippen molar-refractivity contribution in [3.8, 4) is 0 Å². The number of thioether (sulfide) groups is 1. The van der Waals surface area contributed by atoms with E-state index in [1.807, 2.05) is 26.2 Å². The zero-order valence-electron chi connectivity index (χ0n) is 10.8. The quantitative estimate of drug-likeness (QED) is 0.738. The first kappa shape index (κ1) is 14.9. The molecule has 0 radical (unpaired) electrons. The van der Waals surface area contributed by atoms with E-state index in [4.69, 9.17) is 5.11 Å². The average molecular weight is 269 g/mol. The van der Waals surface area contributed by atoms with E-state index in [2.05, 4.69) is 5.32 Å². The van der Waals surface area contributed by atoms with Gasteiger partial charge < -0.3 is 15.5 Å². The van der Waals surface area contributed by atoms with Crippen LogP contribution in [0.2, 0.25) is 0 Å². The molecule has 0 amide bonds. The molecule has 0 aliphatic carbocycles. The van der Waals surface area contributed by atoms with Crippen LogP contribution >= 0.6 is 11.8 Å². The molecule has 1 rings (SSSR count). The lowest BCUT2D eigenvalue weighted by Crippen LogP contribution is -2.31. The molecule has 0 heterocycles. The second-order valence-electron chi connectivity index (χ2n) is 4.19. The van der Waals surface area contributed by atoms with Gasteiger partial charge in [-0.2, -0.15) is 11.8 Å². The number of anilines is 1. The van der Waals surface area contributed by atoms with Gasteiger partial charge in [-0.1, -0.05) is 12.1 Å². The van der Waals surface area contributed by atoms with Crippen LogP contribution in [0.4, 0.5) is 5.69 Å². The smallest absolute Gasteiger partial charge is 0.337 e. The van der Waals surface area contributed by atoms with Gasteiger partial charge in [-0.3, -0.25) is 0 Å². The van der Waals surface area contributed by atoms with Gasteiger partial charge in [0.25, 0.3) is 0 Å². The minimum atomic E-state index is -0.946. The summed E-state index contributed by atoms with van der Waals surface area (Å²) in [4.78, 5) is 11.2. The Hall–Kier alpha value is -1.20. The summed E-state index contributed by atoms with van der Waals surface area (Å²) in [5.74, 6) is -0.946. The monoisotopic (exact) mass is 269 g/mol. The molecular formula is C13H19NO3S. The summed E-state index contributed by atoms with van der Waals surface area (Å²) >= 11 is 1.56. The third-order valence-electron chi connectivity index (χ3n) is 2.92. The molecule has 100 valence electrons. The van der Waals surface area contributed by atoms with Crippen LogP contribution in [0.1, 0.15) is 22.8 Å². The van der Waals surface area contributed by atoms with E-state index in [9.17, 15) is 9.90 Å². The first-order valence-electron chi connectivity index (χ1n) is 5.74. The highest BCUT2D eigenvalue weighted by atomic mass is 32.2. The Morgan fingerprint density at radius 1 is 1.50 bits per heavy atom. The summed E-state index contributed by atoms with van der Waals surface area (Å²) in [6.45, 7) is 3.87. The Balaban J connectivity index is 2.99. The molecule has 2 unspecified atom stereocenters. The number of carboxylic acids is 1. The van der Waals surface area contributed by atoms with E-state index >= 15 is 0 Å². The number of carbonyl (C=O) groups is 1. The maximum Gasteiger partial charge on any atom is 0.337 e. The van der Waals surface area contributed by atoms with Crippen molar-refractivity contribution in [2.24, 2.45) is 0 Å². The largest absolute Gasteiger partial charge is 0.478 e. The van der Waals surface area contributed by atoms with Crippen LogP contribution in [0.25, 0.3) is 0 Å². The highest BCUT2D eigenvalue weighted by Crippen LogP contribution is 2.23. The summed E-state index contributed by atoms with van der Waals surface area (Å²) in [5.41, 5.74) is 1.78. The van der Waals surface area contributed by atoms with E-state index < -0.39 is 5.97 Å². The topological polar surface area (TPSA) is 69.6 Å². The van der Waals surface area contributed by atoms with Crippen molar-refractivity contribution in [2.75, 3.05) is 18.2 Å². The second kappa shape index (κ2) is 6.66. The van der Waals surface area contributed by atoms with Crippen LogP contribution in [0.3, 0.4) is 0 Å². The van der Waals surface area contributed by atoms with Crippen LogP contribution in [-0.2, 0) is 0 Å². The molecule has 0 spiro atoms. The molecule has 5 heteroatoms. The van der Waals surface area contributed by atoms with E-state index in [0.29, 0.717) is 5.69 Å². The number of aromatic carboxylic acids is 1. The second-order valence-corrected chi connectivity index (χ2v) is 5.27. The van der Waals surface area contributed by atoms with Gasteiger partial charge in [0.05, 0.1) is 17.9 Å². The molecule has 0 aliphatic heterocycles. The van der Waals surface area contributed by atoms with Crippen LogP contribution in [-0.4, -0.2) is 40.3 Å². The Kier molecular flexibility index (Phi) is 5.50. The number of para-hydroxylation sites is 1. The molecular weight excluding hydrogens is 250 g/mol. The fourth-order valence-electron chi connectivity index (χ4n) is 1.79. The van der Waals surface area contributed by atoms with E-state index in [1.165, 1.54) is 0 Å². The molecule has 0 saturated heterocycles. The summed E-state index contributed by atoms with van der Waals surface area (Å²) in [6, 6.07) is 5.17. The standard InChI is InChI=1S/C13H19NO3S/c1-8-5-4-6-10(13(16)17)12(8)14-9(2)11(7-15)18-3/h4-6,9,11,14-15H,7H2,1-3H3,(H,16,17). The number of aryl methyl sites for hydroxylation is 1. The fourth-order valence-corrected chi connectivity index (χ4v) is 2.42. The van der Waals surface area contributed by atoms with Crippen LogP contribution in [0.15, 0.2) is 18.2 Å². The lowest BCUT2D eigenvalue weighted by Gasteiger charge is -2.24. The maximum atomic E-state index is 11.2. The molecule has 0 bridgehead atoms. The van der Waals surface area contributed by atoms with Gasteiger partial charge in [-0.05, 0) is 31.7 Å². The number of aliphatic hydroxyl groups excluding tert-OH is 1. The number of carboxylic acid groups (broad SMARTS) is 1. The molecule has 0 aliphatic rings. The molecule has 1 aromatic carbocycles. The first-order valence-corrected chi connectivity index (χ1v) is 7.03. The minimum absolute atomic E-state index is 0.0100. The van der Waals surface area contributed by atoms with E-state index in [0.717, 1.165) is 5.56 Å². The third-order valence-corrected chi connectivity index (χ3v) is 4.08. The van der Waals surface area contributed by atoms with Gasteiger partial charge in [0.2, 0.25) is 0 Å². The molecule has 18 heavy (non-hydrogen) atoms. The molecule has 0 fully saturated rings. The van der Waals surface area contributed by atoms with Gasteiger partial charge in [-0.25, -0.2) is 4.79 Å². The number of hydrogen-bond donors (Lipinski definition) is 3. The Labute approximate surface area is 111 Å². The summed E-state index contributed by atoms with van der Waals surface area (Å²) in [6.07, 6.45) is 1.93. The van der Waals surface area contributed by atoms with Crippen LogP contribution in [0, 0.1) is 6.92 Å². The number of nitrogens with one attached hydrogen (secondary N) is 1. The van der Waals surface area contributed by atoms with Crippen molar-refractivity contribution in [3.63, 3.8) is 0 Å². The van der Waals surface area contributed by atoms with Gasteiger partial charge in [0.15, 0.2) is 0 Å². The third kappa shape index (κ3) is 3.40. The zero-order valence-corrected chi connectivity index (χ0v) is 11.6. The van der Waals surface area contributed by atoms with Crippen LogP contribution in [0.5, 0.6) is 0 Å². The predicted octanol–water partition coefficient (Wildman–Crippen LogP) is 2.22. The van der Waals surface area contributed by atoms with Gasteiger partial charge >= 0.3 is 5.97 Å². The zero-order chi connectivity index (χ0) is 13.7. The van der Waals surface area contributed by atoms with Crippen molar-refractivity contribution < 1.29 is 15.0 Å². The lowest BCUT2D eigenvalue weighted by atomic mass is 10.1. The molecule has 0 saturated carbocycles. The SMILES string of the molecule is CSC(CO)C(C)Nc1c(C)cccc1C(=O)O. The summed E-state index contributed by atoms with van der Waals surface area (Å²) in [5, 5.41) is 21.6. The van der Waals surface area contributed by atoms with Gasteiger partial charge in [-0.15, -0.1) is 0 Å². The fraction of sp³-hybridized carbons (Fsp3) is 0.462. The lowest BCUT2D eigenvalue weighted by molar-refractivity contribution is 0.0698.